The minimum Gasteiger partial charge on any atom is -0.512 e. The van der Waals surface area contributed by atoms with Crippen LogP contribution in [0.15, 0.2) is 36.1 Å². The van der Waals surface area contributed by atoms with E-state index in [1.54, 1.807) is 6.08 Å². The summed E-state index contributed by atoms with van der Waals surface area (Å²) in [5, 5.41) is 27.0. The zero-order chi connectivity index (χ0) is 10.4. The van der Waals surface area contributed by atoms with Crippen molar-refractivity contribution in [2.24, 2.45) is 0 Å². The Hall–Kier alpha value is -1.32. The van der Waals surface area contributed by atoms with E-state index < -0.39 is 6.10 Å². The van der Waals surface area contributed by atoms with Crippen molar-refractivity contribution in [2.75, 3.05) is 6.61 Å². The van der Waals surface area contributed by atoms with Crippen LogP contribution in [0, 0.1) is 0 Å². The van der Waals surface area contributed by atoms with Gasteiger partial charge in [0.2, 0.25) is 0 Å². The van der Waals surface area contributed by atoms with Crippen LogP contribution < -0.4 is 0 Å². The Balaban J connectivity index is 2.60. The average molecular weight is 194 g/mol. The van der Waals surface area contributed by atoms with Crippen molar-refractivity contribution < 1.29 is 15.3 Å². The van der Waals surface area contributed by atoms with Gasteiger partial charge in [-0.2, -0.15) is 0 Å². The van der Waals surface area contributed by atoms with Gasteiger partial charge in [0, 0.05) is 6.42 Å². The molecule has 0 aliphatic carbocycles. The van der Waals surface area contributed by atoms with Crippen LogP contribution in [-0.2, 0) is 0 Å². The number of aliphatic hydroxyl groups excluding tert-OH is 3. The summed E-state index contributed by atoms with van der Waals surface area (Å²) in [4.78, 5) is 0. The number of benzene rings is 1. The second-order valence-electron chi connectivity index (χ2n) is 3.09. The Morgan fingerprint density at radius 3 is 2.50 bits per heavy atom. The Kier molecular flexibility index (Phi) is 4.16. The first-order chi connectivity index (χ1) is 6.72. The SMILES string of the molecule is OCC(O)C/C(O)=C/c1ccccc1. The molecular formula is C11H14O3. The fraction of sp³-hybridized carbons (Fsp3) is 0.273. The smallest absolute Gasteiger partial charge is 0.0955 e. The lowest BCUT2D eigenvalue weighted by Gasteiger charge is -2.05. The maximum atomic E-state index is 9.39. The van der Waals surface area contributed by atoms with Crippen LogP contribution in [0.4, 0.5) is 0 Å². The number of hydrogen-bond acceptors (Lipinski definition) is 3. The molecule has 0 heterocycles. The van der Waals surface area contributed by atoms with E-state index >= 15 is 0 Å². The first-order valence-corrected chi connectivity index (χ1v) is 4.46. The van der Waals surface area contributed by atoms with Gasteiger partial charge in [-0.1, -0.05) is 30.3 Å². The summed E-state index contributed by atoms with van der Waals surface area (Å²) in [5.74, 6) is 0.0674. The van der Waals surface area contributed by atoms with Crippen molar-refractivity contribution in [1.82, 2.24) is 0 Å². The first-order valence-electron chi connectivity index (χ1n) is 4.46. The lowest BCUT2D eigenvalue weighted by molar-refractivity contribution is 0.0869. The standard InChI is InChI=1S/C11H14O3/c12-8-11(14)7-10(13)6-9-4-2-1-3-5-9/h1-6,11-14H,7-8H2/b10-6-. The van der Waals surface area contributed by atoms with E-state index in [9.17, 15) is 5.11 Å². The van der Waals surface area contributed by atoms with E-state index in [0.29, 0.717) is 0 Å². The van der Waals surface area contributed by atoms with Crippen molar-refractivity contribution in [3.63, 3.8) is 0 Å². The molecule has 14 heavy (non-hydrogen) atoms. The average Bonchev–Trinajstić information content (AvgIpc) is 2.19. The minimum absolute atomic E-state index is 0.0674. The molecule has 0 fully saturated rings. The maximum absolute atomic E-state index is 9.39. The Labute approximate surface area is 82.9 Å². The van der Waals surface area contributed by atoms with Gasteiger partial charge in [0.1, 0.15) is 0 Å². The molecule has 0 amide bonds. The van der Waals surface area contributed by atoms with E-state index in [0.717, 1.165) is 5.56 Å². The van der Waals surface area contributed by atoms with Gasteiger partial charge < -0.3 is 15.3 Å². The van der Waals surface area contributed by atoms with Crippen LogP contribution in [0.25, 0.3) is 6.08 Å². The molecule has 1 unspecified atom stereocenters. The van der Waals surface area contributed by atoms with Crippen LogP contribution >= 0.6 is 0 Å². The summed E-state index contributed by atoms with van der Waals surface area (Å²) in [6.45, 7) is -0.341. The van der Waals surface area contributed by atoms with Crippen molar-refractivity contribution in [3.05, 3.63) is 41.7 Å². The number of rotatable bonds is 4. The quantitative estimate of drug-likeness (QED) is 0.634. The van der Waals surface area contributed by atoms with Gasteiger partial charge in [-0.05, 0) is 11.6 Å². The second kappa shape index (κ2) is 5.42. The topological polar surface area (TPSA) is 60.7 Å². The highest BCUT2D eigenvalue weighted by Crippen LogP contribution is 2.08. The molecule has 76 valence electrons. The molecule has 1 aromatic carbocycles. The van der Waals surface area contributed by atoms with E-state index in [-0.39, 0.29) is 18.8 Å². The normalized spacial score (nSPS) is 14.0. The summed E-state index contributed by atoms with van der Waals surface area (Å²) in [6, 6.07) is 9.31. The van der Waals surface area contributed by atoms with Gasteiger partial charge >= 0.3 is 0 Å². The van der Waals surface area contributed by atoms with Gasteiger partial charge in [0.25, 0.3) is 0 Å². The van der Waals surface area contributed by atoms with Crippen LogP contribution in [0.2, 0.25) is 0 Å². The monoisotopic (exact) mass is 194 g/mol. The van der Waals surface area contributed by atoms with Crippen LogP contribution in [-0.4, -0.2) is 28.0 Å². The predicted octanol–water partition coefficient (Wildman–Crippen LogP) is 1.33. The third-order valence-corrected chi connectivity index (χ3v) is 1.79. The Bertz CT molecular complexity index is 293. The molecular weight excluding hydrogens is 180 g/mol. The zero-order valence-corrected chi connectivity index (χ0v) is 7.80. The van der Waals surface area contributed by atoms with Gasteiger partial charge in [-0.3, -0.25) is 0 Å². The van der Waals surface area contributed by atoms with E-state index in [1.165, 1.54) is 0 Å². The largest absolute Gasteiger partial charge is 0.512 e. The molecule has 1 aromatic rings. The maximum Gasteiger partial charge on any atom is 0.0955 e. The van der Waals surface area contributed by atoms with Crippen molar-refractivity contribution in [1.29, 1.82) is 0 Å². The fourth-order valence-corrected chi connectivity index (χ4v) is 1.11. The van der Waals surface area contributed by atoms with Gasteiger partial charge in [0.05, 0.1) is 18.5 Å². The molecule has 0 spiro atoms. The Morgan fingerprint density at radius 1 is 1.29 bits per heavy atom. The highest BCUT2D eigenvalue weighted by molar-refractivity contribution is 5.50. The van der Waals surface area contributed by atoms with E-state index in [2.05, 4.69) is 0 Å². The van der Waals surface area contributed by atoms with Crippen molar-refractivity contribution in [2.45, 2.75) is 12.5 Å². The summed E-state index contributed by atoms with van der Waals surface area (Å²) < 4.78 is 0. The van der Waals surface area contributed by atoms with Crippen molar-refractivity contribution >= 4 is 6.08 Å². The summed E-state index contributed by atoms with van der Waals surface area (Å²) >= 11 is 0. The van der Waals surface area contributed by atoms with Crippen LogP contribution in [0.3, 0.4) is 0 Å². The molecule has 1 rings (SSSR count). The Morgan fingerprint density at radius 2 is 1.93 bits per heavy atom. The predicted molar refractivity (Wildman–Crippen MR) is 54.8 cm³/mol. The highest BCUT2D eigenvalue weighted by Gasteiger charge is 2.04. The third kappa shape index (κ3) is 3.60. The molecule has 1 atom stereocenters. The second-order valence-corrected chi connectivity index (χ2v) is 3.09. The van der Waals surface area contributed by atoms with E-state index in [4.69, 9.17) is 10.2 Å². The summed E-state index contributed by atoms with van der Waals surface area (Å²) in [5.41, 5.74) is 0.870. The summed E-state index contributed by atoms with van der Waals surface area (Å²) in [7, 11) is 0. The summed E-state index contributed by atoms with van der Waals surface area (Å²) in [6.07, 6.45) is 0.750. The number of hydrogen-bond donors (Lipinski definition) is 3. The third-order valence-electron chi connectivity index (χ3n) is 1.79. The molecule has 3 nitrogen and oxygen atoms in total. The molecule has 0 radical (unpaired) electrons. The number of aliphatic hydroxyl groups is 3. The van der Waals surface area contributed by atoms with Gasteiger partial charge in [-0.15, -0.1) is 0 Å². The molecule has 3 N–H and O–H groups in total. The zero-order valence-electron chi connectivity index (χ0n) is 7.80. The molecule has 0 saturated heterocycles. The van der Waals surface area contributed by atoms with E-state index in [1.807, 2.05) is 30.3 Å². The van der Waals surface area contributed by atoms with Gasteiger partial charge in [-0.25, -0.2) is 0 Å². The van der Waals surface area contributed by atoms with Crippen molar-refractivity contribution in [3.8, 4) is 0 Å². The fourth-order valence-electron chi connectivity index (χ4n) is 1.11. The lowest BCUT2D eigenvalue weighted by atomic mass is 10.1. The molecule has 0 bridgehead atoms. The molecule has 0 aliphatic heterocycles. The lowest BCUT2D eigenvalue weighted by Crippen LogP contribution is -2.12. The van der Waals surface area contributed by atoms with Crippen LogP contribution in [0.5, 0.6) is 0 Å². The molecule has 0 aliphatic rings. The highest BCUT2D eigenvalue weighted by atomic mass is 16.3. The first kappa shape index (κ1) is 10.8. The molecule has 0 aromatic heterocycles. The minimum atomic E-state index is -0.894. The van der Waals surface area contributed by atoms with Gasteiger partial charge in [0.15, 0.2) is 0 Å². The molecule has 3 heteroatoms. The van der Waals surface area contributed by atoms with Crippen LogP contribution in [0.1, 0.15) is 12.0 Å². The molecule has 0 saturated carbocycles.